The molecule has 0 aliphatic carbocycles. The van der Waals surface area contributed by atoms with E-state index < -0.39 is 10.0 Å². The number of hydrogen-bond acceptors (Lipinski definition) is 3. The lowest BCUT2D eigenvalue weighted by Crippen LogP contribution is -2.48. The van der Waals surface area contributed by atoms with E-state index in [1.807, 2.05) is 0 Å². The second kappa shape index (κ2) is 3.79. The van der Waals surface area contributed by atoms with Gasteiger partial charge in [0.25, 0.3) is 0 Å². The monoisotopic (exact) mass is 218 g/mol. The van der Waals surface area contributed by atoms with Crippen LogP contribution in [0.25, 0.3) is 0 Å². The van der Waals surface area contributed by atoms with E-state index in [0.717, 1.165) is 26.1 Å². The highest BCUT2D eigenvalue weighted by Gasteiger charge is 2.39. The molecule has 0 amide bonds. The van der Waals surface area contributed by atoms with E-state index in [9.17, 15) is 8.42 Å². The Morgan fingerprint density at radius 2 is 2.21 bits per heavy atom. The van der Waals surface area contributed by atoms with Gasteiger partial charge in [0.1, 0.15) is 0 Å². The van der Waals surface area contributed by atoms with Gasteiger partial charge < -0.3 is 5.32 Å². The molecule has 5 heteroatoms. The molecule has 2 fully saturated rings. The number of nitrogens with zero attached hydrogens (tertiary/aromatic N) is 1. The van der Waals surface area contributed by atoms with Crippen LogP contribution in [0.15, 0.2) is 0 Å². The Bertz CT molecular complexity index is 302. The number of nitrogens with one attached hydrogen (secondary N) is 1. The van der Waals surface area contributed by atoms with Crippen LogP contribution in [-0.2, 0) is 10.0 Å². The minimum atomic E-state index is -2.98. The van der Waals surface area contributed by atoms with E-state index in [2.05, 4.69) is 5.32 Å². The standard InChI is InChI=1S/C9H18N2O2S/c1-2-14(12,13)11-5-3-4-8-6-10-7-9(8)11/h8-10H,2-7H2,1H3. The molecular weight excluding hydrogens is 200 g/mol. The molecule has 0 aromatic heterocycles. The van der Waals surface area contributed by atoms with E-state index >= 15 is 0 Å². The van der Waals surface area contributed by atoms with Crippen LogP contribution in [0, 0.1) is 5.92 Å². The SMILES string of the molecule is CCS(=O)(=O)N1CCCC2CNCC21. The van der Waals surface area contributed by atoms with Crippen molar-refractivity contribution in [3.05, 3.63) is 0 Å². The van der Waals surface area contributed by atoms with Gasteiger partial charge in [-0.05, 0) is 32.2 Å². The van der Waals surface area contributed by atoms with Crippen LogP contribution in [0.5, 0.6) is 0 Å². The molecule has 2 saturated heterocycles. The maximum atomic E-state index is 11.8. The summed E-state index contributed by atoms with van der Waals surface area (Å²) in [7, 11) is -2.98. The molecule has 2 unspecified atom stereocenters. The molecule has 0 bridgehead atoms. The number of rotatable bonds is 2. The van der Waals surface area contributed by atoms with E-state index in [-0.39, 0.29) is 11.8 Å². The lowest BCUT2D eigenvalue weighted by molar-refractivity contribution is 0.218. The van der Waals surface area contributed by atoms with Gasteiger partial charge in [-0.1, -0.05) is 0 Å². The number of piperidine rings is 1. The maximum absolute atomic E-state index is 11.8. The molecule has 2 heterocycles. The Kier molecular flexibility index (Phi) is 2.81. The number of sulfonamides is 1. The molecule has 2 atom stereocenters. The third-order valence-electron chi connectivity index (χ3n) is 3.35. The van der Waals surface area contributed by atoms with E-state index in [1.165, 1.54) is 6.42 Å². The van der Waals surface area contributed by atoms with Crippen LogP contribution >= 0.6 is 0 Å². The second-order valence-electron chi connectivity index (χ2n) is 4.14. The van der Waals surface area contributed by atoms with Crippen LogP contribution in [0.3, 0.4) is 0 Å². The molecule has 82 valence electrons. The van der Waals surface area contributed by atoms with Crippen molar-refractivity contribution in [1.82, 2.24) is 9.62 Å². The Morgan fingerprint density at radius 1 is 1.43 bits per heavy atom. The van der Waals surface area contributed by atoms with Crippen molar-refractivity contribution < 1.29 is 8.42 Å². The first kappa shape index (κ1) is 10.4. The molecule has 0 saturated carbocycles. The summed E-state index contributed by atoms with van der Waals surface area (Å²) in [6, 6.07) is 0.230. The first-order valence-electron chi connectivity index (χ1n) is 5.35. The summed E-state index contributed by atoms with van der Waals surface area (Å²) in [5.74, 6) is 0.779. The van der Waals surface area contributed by atoms with Gasteiger partial charge in [0.05, 0.1) is 5.75 Å². The van der Waals surface area contributed by atoms with Crippen molar-refractivity contribution in [2.24, 2.45) is 5.92 Å². The van der Waals surface area contributed by atoms with Crippen molar-refractivity contribution in [3.63, 3.8) is 0 Å². The van der Waals surface area contributed by atoms with Gasteiger partial charge in [-0.25, -0.2) is 8.42 Å². The van der Waals surface area contributed by atoms with E-state index in [0.29, 0.717) is 5.92 Å². The molecule has 1 N–H and O–H groups in total. The lowest BCUT2D eigenvalue weighted by atomic mass is 9.94. The third-order valence-corrected chi connectivity index (χ3v) is 5.25. The predicted octanol–water partition coefficient (Wildman–Crippen LogP) is 0.0199. The van der Waals surface area contributed by atoms with Gasteiger partial charge in [-0.3, -0.25) is 0 Å². The minimum Gasteiger partial charge on any atom is -0.315 e. The number of hydrogen-bond donors (Lipinski definition) is 1. The zero-order valence-corrected chi connectivity index (χ0v) is 9.39. The molecule has 4 nitrogen and oxygen atoms in total. The van der Waals surface area contributed by atoms with Crippen molar-refractivity contribution in [3.8, 4) is 0 Å². The fourth-order valence-corrected chi connectivity index (χ4v) is 3.94. The van der Waals surface area contributed by atoms with Crippen molar-refractivity contribution in [2.45, 2.75) is 25.8 Å². The summed E-state index contributed by atoms with van der Waals surface area (Å²) >= 11 is 0. The Hall–Kier alpha value is -0.130. The lowest BCUT2D eigenvalue weighted by Gasteiger charge is -2.35. The Labute approximate surface area is 85.7 Å². The molecule has 2 rings (SSSR count). The quantitative estimate of drug-likeness (QED) is 0.711. The molecule has 2 aliphatic rings. The molecular formula is C9H18N2O2S. The average molecular weight is 218 g/mol. The van der Waals surface area contributed by atoms with Gasteiger partial charge in [-0.15, -0.1) is 0 Å². The van der Waals surface area contributed by atoms with Crippen LogP contribution in [0.1, 0.15) is 19.8 Å². The first-order valence-corrected chi connectivity index (χ1v) is 6.96. The van der Waals surface area contributed by atoms with Gasteiger partial charge >= 0.3 is 0 Å². The molecule has 0 aromatic carbocycles. The van der Waals surface area contributed by atoms with Gasteiger partial charge in [0, 0.05) is 19.1 Å². The van der Waals surface area contributed by atoms with Crippen molar-refractivity contribution in [2.75, 3.05) is 25.4 Å². The van der Waals surface area contributed by atoms with Gasteiger partial charge in [0.2, 0.25) is 10.0 Å². The fourth-order valence-electron chi connectivity index (χ4n) is 2.54. The highest BCUT2D eigenvalue weighted by atomic mass is 32.2. The van der Waals surface area contributed by atoms with Crippen LogP contribution in [0.2, 0.25) is 0 Å². The fraction of sp³-hybridized carbons (Fsp3) is 1.00. The highest BCUT2D eigenvalue weighted by molar-refractivity contribution is 7.89. The molecule has 0 aromatic rings. The first-order chi connectivity index (χ1) is 6.65. The molecule has 2 aliphatic heterocycles. The normalized spacial score (nSPS) is 34.4. The summed E-state index contributed by atoms with van der Waals surface area (Å²) in [6.45, 7) is 4.27. The van der Waals surface area contributed by atoms with Crippen molar-refractivity contribution >= 4 is 10.0 Å². The van der Waals surface area contributed by atoms with Crippen LogP contribution in [-0.4, -0.2) is 44.2 Å². The van der Waals surface area contributed by atoms with Crippen molar-refractivity contribution in [1.29, 1.82) is 0 Å². The van der Waals surface area contributed by atoms with Gasteiger partial charge in [-0.2, -0.15) is 4.31 Å². The third kappa shape index (κ3) is 1.68. The zero-order chi connectivity index (χ0) is 10.2. The Balaban J connectivity index is 2.18. The summed E-state index contributed by atoms with van der Waals surface area (Å²) in [5, 5.41) is 3.28. The highest BCUT2D eigenvalue weighted by Crippen LogP contribution is 2.28. The van der Waals surface area contributed by atoms with E-state index in [1.54, 1.807) is 11.2 Å². The van der Waals surface area contributed by atoms with Crippen LogP contribution in [0.4, 0.5) is 0 Å². The topological polar surface area (TPSA) is 49.4 Å². The van der Waals surface area contributed by atoms with Crippen LogP contribution < -0.4 is 5.32 Å². The maximum Gasteiger partial charge on any atom is 0.214 e. The molecule has 0 radical (unpaired) electrons. The molecule has 0 spiro atoms. The number of fused-ring (bicyclic) bond motifs is 1. The van der Waals surface area contributed by atoms with Gasteiger partial charge in [0.15, 0.2) is 0 Å². The zero-order valence-electron chi connectivity index (χ0n) is 8.57. The minimum absolute atomic E-state index is 0.230. The summed E-state index contributed by atoms with van der Waals surface area (Å²) in [6.07, 6.45) is 2.19. The predicted molar refractivity (Wildman–Crippen MR) is 55.5 cm³/mol. The second-order valence-corrected chi connectivity index (χ2v) is 6.35. The molecule has 14 heavy (non-hydrogen) atoms. The largest absolute Gasteiger partial charge is 0.315 e. The smallest absolute Gasteiger partial charge is 0.214 e. The summed E-state index contributed by atoms with van der Waals surface area (Å²) in [5.41, 5.74) is 0. The summed E-state index contributed by atoms with van der Waals surface area (Å²) < 4.78 is 25.3. The Morgan fingerprint density at radius 3 is 2.93 bits per heavy atom. The van der Waals surface area contributed by atoms with E-state index in [4.69, 9.17) is 0 Å². The summed E-state index contributed by atoms with van der Waals surface area (Å²) in [4.78, 5) is 0. The average Bonchev–Trinajstić information content (AvgIpc) is 2.64.